The van der Waals surface area contributed by atoms with E-state index in [2.05, 4.69) is 4.98 Å². The lowest BCUT2D eigenvalue weighted by molar-refractivity contribution is -0.142. The van der Waals surface area contributed by atoms with Gasteiger partial charge in [-0.15, -0.1) is 0 Å². The maximum absolute atomic E-state index is 11.7. The third kappa shape index (κ3) is 2.33. The molecule has 19 heavy (non-hydrogen) atoms. The molecule has 8 heteroatoms. The summed E-state index contributed by atoms with van der Waals surface area (Å²) in [7, 11) is 1.39. The SMILES string of the molecule is CN(C(=O)C(N)C(=O)O)c1ccc2[nH]c(=O)oc2c1. The molecule has 1 atom stereocenters. The van der Waals surface area contributed by atoms with Crippen LogP contribution in [0.1, 0.15) is 0 Å². The minimum atomic E-state index is -1.64. The highest BCUT2D eigenvalue weighted by Gasteiger charge is 2.25. The number of aliphatic carboxylic acids is 1. The number of hydrogen-bond acceptors (Lipinski definition) is 5. The summed E-state index contributed by atoms with van der Waals surface area (Å²) < 4.78 is 4.85. The van der Waals surface area contributed by atoms with Crippen LogP contribution >= 0.6 is 0 Å². The number of rotatable bonds is 3. The number of carboxylic acids is 1. The Balaban J connectivity index is 2.35. The number of aromatic nitrogens is 1. The number of oxazole rings is 1. The minimum absolute atomic E-state index is 0.269. The summed E-state index contributed by atoms with van der Waals surface area (Å²) in [4.78, 5) is 36.9. The van der Waals surface area contributed by atoms with Gasteiger partial charge in [-0.05, 0) is 12.1 Å². The molecule has 100 valence electrons. The van der Waals surface area contributed by atoms with Gasteiger partial charge in [-0.1, -0.05) is 0 Å². The minimum Gasteiger partial charge on any atom is -0.480 e. The van der Waals surface area contributed by atoms with E-state index in [1.165, 1.54) is 13.1 Å². The molecule has 1 amide bonds. The van der Waals surface area contributed by atoms with Crippen LogP contribution in [0.2, 0.25) is 0 Å². The smallest absolute Gasteiger partial charge is 0.417 e. The highest BCUT2D eigenvalue weighted by atomic mass is 16.4. The zero-order valence-electron chi connectivity index (χ0n) is 9.91. The highest BCUT2D eigenvalue weighted by molar-refractivity contribution is 6.09. The lowest BCUT2D eigenvalue weighted by atomic mass is 10.2. The molecule has 0 aliphatic heterocycles. The first-order valence-electron chi connectivity index (χ1n) is 5.29. The standard InChI is InChI=1S/C11H11N3O5/c1-14(9(15)8(12)10(16)17)5-2-3-6-7(4-5)19-11(18)13-6/h2-4,8H,12H2,1H3,(H,13,18)(H,16,17). The van der Waals surface area contributed by atoms with E-state index < -0.39 is 23.7 Å². The van der Waals surface area contributed by atoms with Gasteiger partial charge in [-0.2, -0.15) is 0 Å². The lowest BCUT2D eigenvalue weighted by Crippen LogP contribution is -2.46. The van der Waals surface area contributed by atoms with Crippen LogP contribution in [-0.4, -0.2) is 35.1 Å². The van der Waals surface area contributed by atoms with Crippen LogP contribution in [0, 0.1) is 0 Å². The van der Waals surface area contributed by atoms with Gasteiger partial charge in [0.15, 0.2) is 11.6 Å². The molecule has 1 heterocycles. The summed E-state index contributed by atoms with van der Waals surface area (Å²) in [6.45, 7) is 0. The summed E-state index contributed by atoms with van der Waals surface area (Å²) in [6.07, 6.45) is 0. The van der Waals surface area contributed by atoms with Gasteiger partial charge < -0.3 is 20.2 Å². The Labute approximate surface area is 106 Å². The number of anilines is 1. The van der Waals surface area contributed by atoms with Crippen molar-refractivity contribution in [1.82, 2.24) is 4.98 Å². The van der Waals surface area contributed by atoms with Crippen molar-refractivity contribution >= 4 is 28.7 Å². The largest absolute Gasteiger partial charge is 0.480 e. The fourth-order valence-electron chi connectivity index (χ4n) is 1.58. The Morgan fingerprint density at radius 3 is 2.79 bits per heavy atom. The number of carbonyl (C=O) groups is 2. The molecule has 8 nitrogen and oxygen atoms in total. The molecule has 0 aliphatic carbocycles. The number of nitrogens with two attached hydrogens (primary N) is 1. The molecule has 2 aromatic rings. The van der Waals surface area contributed by atoms with Crippen LogP contribution in [0.4, 0.5) is 5.69 Å². The van der Waals surface area contributed by atoms with Crippen LogP contribution in [0.5, 0.6) is 0 Å². The Hall–Kier alpha value is -2.61. The van der Waals surface area contributed by atoms with Crippen molar-refractivity contribution in [3.05, 3.63) is 28.7 Å². The van der Waals surface area contributed by atoms with Gasteiger partial charge in [0.2, 0.25) is 0 Å². The van der Waals surface area contributed by atoms with E-state index in [-0.39, 0.29) is 5.58 Å². The summed E-state index contributed by atoms with van der Waals surface area (Å²) >= 11 is 0. The molecular formula is C11H11N3O5. The quantitative estimate of drug-likeness (QED) is 0.641. The fourth-order valence-corrected chi connectivity index (χ4v) is 1.58. The van der Waals surface area contributed by atoms with Crippen LogP contribution in [0.25, 0.3) is 11.1 Å². The molecule has 0 radical (unpaired) electrons. The summed E-state index contributed by atoms with van der Waals surface area (Å²) in [5.74, 6) is -2.79. The van der Waals surface area contributed by atoms with E-state index in [4.69, 9.17) is 15.3 Å². The van der Waals surface area contributed by atoms with E-state index in [0.717, 1.165) is 4.90 Å². The van der Waals surface area contributed by atoms with Gasteiger partial charge in [-0.25, -0.2) is 9.59 Å². The maximum atomic E-state index is 11.7. The number of amides is 1. The fraction of sp³-hybridized carbons (Fsp3) is 0.182. The zero-order valence-corrected chi connectivity index (χ0v) is 9.91. The Morgan fingerprint density at radius 1 is 1.47 bits per heavy atom. The molecule has 0 spiro atoms. The van der Waals surface area contributed by atoms with E-state index in [1.54, 1.807) is 12.1 Å². The van der Waals surface area contributed by atoms with Crippen molar-refractivity contribution in [2.75, 3.05) is 11.9 Å². The van der Waals surface area contributed by atoms with Crippen molar-refractivity contribution in [3.8, 4) is 0 Å². The van der Waals surface area contributed by atoms with Crippen molar-refractivity contribution in [1.29, 1.82) is 0 Å². The molecule has 0 saturated carbocycles. The molecule has 4 N–H and O–H groups in total. The second-order valence-corrected chi connectivity index (χ2v) is 3.91. The second kappa shape index (κ2) is 4.58. The predicted octanol–water partition coefficient (Wildman–Crippen LogP) is -0.504. The number of hydrogen-bond donors (Lipinski definition) is 3. The normalized spacial score (nSPS) is 12.3. The third-order valence-corrected chi connectivity index (χ3v) is 2.65. The average molecular weight is 265 g/mol. The molecule has 1 aromatic heterocycles. The molecule has 1 aromatic carbocycles. The van der Waals surface area contributed by atoms with Crippen molar-refractivity contribution in [3.63, 3.8) is 0 Å². The molecule has 0 aliphatic rings. The van der Waals surface area contributed by atoms with E-state index >= 15 is 0 Å². The predicted molar refractivity (Wildman–Crippen MR) is 65.9 cm³/mol. The third-order valence-electron chi connectivity index (χ3n) is 2.65. The summed E-state index contributed by atoms with van der Waals surface area (Å²) in [6, 6.07) is 2.89. The Kier molecular flexibility index (Phi) is 3.09. The van der Waals surface area contributed by atoms with Crippen molar-refractivity contribution in [2.45, 2.75) is 6.04 Å². The highest BCUT2D eigenvalue weighted by Crippen LogP contribution is 2.19. The number of benzene rings is 1. The topological polar surface area (TPSA) is 130 Å². The summed E-state index contributed by atoms with van der Waals surface area (Å²) in [5, 5.41) is 8.69. The van der Waals surface area contributed by atoms with E-state index in [9.17, 15) is 14.4 Å². The number of carboxylic acid groups (broad SMARTS) is 1. The van der Waals surface area contributed by atoms with Crippen LogP contribution in [0.15, 0.2) is 27.4 Å². The van der Waals surface area contributed by atoms with Crippen LogP contribution in [0.3, 0.4) is 0 Å². The number of aromatic amines is 1. The number of nitrogens with one attached hydrogen (secondary N) is 1. The first-order chi connectivity index (χ1) is 8.90. The first kappa shape index (κ1) is 12.8. The lowest BCUT2D eigenvalue weighted by Gasteiger charge is -2.19. The molecule has 0 saturated heterocycles. The average Bonchev–Trinajstić information content (AvgIpc) is 2.74. The van der Waals surface area contributed by atoms with Gasteiger partial charge in [0.25, 0.3) is 5.91 Å². The molecule has 0 fully saturated rings. The van der Waals surface area contributed by atoms with Gasteiger partial charge >= 0.3 is 11.7 Å². The Bertz CT molecular complexity index is 702. The molecular weight excluding hydrogens is 254 g/mol. The van der Waals surface area contributed by atoms with Gasteiger partial charge in [-0.3, -0.25) is 9.78 Å². The van der Waals surface area contributed by atoms with Gasteiger partial charge in [0.05, 0.1) is 5.52 Å². The second-order valence-electron chi connectivity index (χ2n) is 3.91. The number of carbonyl (C=O) groups excluding carboxylic acids is 1. The van der Waals surface area contributed by atoms with Gasteiger partial charge in [0.1, 0.15) is 0 Å². The molecule has 2 rings (SSSR count). The first-order valence-corrected chi connectivity index (χ1v) is 5.29. The molecule has 0 bridgehead atoms. The maximum Gasteiger partial charge on any atom is 0.417 e. The monoisotopic (exact) mass is 265 g/mol. The van der Waals surface area contributed by atoms with Crippen molar-refractivity contribution < 1.29 is 19.1 Å². The van der Waals surface area contributed by atoms with Crippen LogP contribution < -0.4 is 16.4 Å². The number of H-pyrrole nitrogens is 1. The van der Waals surface area contributed by atoms with Gasteiger partial charge in [0, 0.05) is 18.8 Å². The summed E-state index contributed by atoms with van der Waals surface area (Å²) in [5.41, 5.74) is 6.37. The number of fused-ring (bicyclic) bond motifs is 1. The molecule has 1 unspecified atom stereocenters. The van der Waals surface area contributed by atoms with Crippen molar-refractivity contribution in [2.24, 2.45) is 5.73 Å². The van der Waals surface area contributed by atoms with E-state index in [0.29, 0.717) is 11.2 Å². The number of likely N-dealkylation sites (N-methyl/N-ethyl adjacent to an activating group) is 1. The number of nitrogens with zero attached hydrogens (tertiary/aromatic N) is 1. The van der Waals surface area contributed by atoms with E-state index in [1.807, 2.05) is 0 Å². The Morgan fingerprint density at radius 2 is 2.16 bits per heavy atom. The zero-order chi connectivity index (χ0) is 14.2. The van der Waals surface area contributed by atoms with Crippen LogP contribution in [-0.2, 0) is 9.59 Å².